The number of allylic oxidation sites excluding steroid dienone is 2. The Kier molecular flexibility index (Phi) is 9.18. The van der Waals surface area contributed by atoms with Gasteiger partial charge in [-0.15, -0.1) is 0 Å². The number of phenols is 1. The minimum absolute atomic E-state index is 0.0924. The van der Waals surface area contributed by atoms with Gasteiger partial charge in [-0.05, 0) is 67.6 Å². The van der Waals surface area contributed by atoms with Crippen LogP contribution in [-0.2, 0) is 24.6 Å². The number of imide groups is 2. The molecule has 2 heterocycles. The summed E-state index contributed by atoms with van der Waals surface area (Å²) in [6.07, 6.45) is 2.24. The number of carbonyl (C=O) groups is 5. The Balaban J connectivity index is 1.19. The highest BCUT2D eigenvalue weighted by atomic mass is 16.5. The molecule has 296 valence electrons. The molecule has 0 aromatic heterocycles. The Morgan fingerprint density at radius 1 is 0.746 bits per heavy atom. The van der Waals surface area contributed by atoms with Gasteiger partial charge in [-0.3, -0.25) is 34.3 Å². The van der Waals surface area contributed by atoms with Crippen molar-refractivity contribution in [3.05, 3.63) is 161 Å². The Hall–Kier alpha value is -7.01. The number of hydrazine groups is 1. The number of nitrogens with zero attached hydrogens (tertiary/aromatic N) is 2. The molecule has 2 aliphatic heterocycles. The predicted molar refractivity (Wildman–Crippen MR) is 219 cm³/mol. The van der Waals surface area contributed by atoms with E-state index in [1.165, 1.54) is 31.3 Å². The molecular weight excluding hydrogens is 747 g/mol. The molecular formula is C48H41N3O8. The van der Waals surface area contributed by atoms with E-state index in [0.717, 1.165) is 10.6 Å². The summed E-state index contributed by atoms with van der Waals surface area (Å²) in [5.41, 5.74) is 6.08. The van der Waals surface area contributed by atoms with Crippen molar-refractivity contribution in [3.63, 3.8) is 0 Å². The second-order valence-electron chi connectivity index (χ2n) is 15.6. The lowest BCUT2D eigenvalue weighted by atomic mass is 9.49. The van der Waals surface area contributed by atoms with E-state index in [-0.39, 0.29) is 41.8 Å². The molecule has 3 fully saturated rings. The quantitative estimate of drug-likeness (QED) is 0.0906. The zero-order valence-corrected chi connectivity index (χ0v) is 32.6. The van der Waals surface area contributed by atoms with Gasteiger partial charge in [0.2, 0.25) is 11.8 Å². The molecule has 2 N–H and O–H groups in total. The molecule has 4 amide bonds. The van der Waals surface area contributed by atoms with Crippen molar-refractivity contribution >= 4 is 40.8 Å². The third kappa shape index (κ3) is 5.74. The van der Waals surface area contributed by atoms with Crippen LogP contribution in [0.4, 0.5) is 11.4 Å². The van der Waals surface area contributed by atoms with Crippen LogP contribution in [0.2, 0.25) is 0 Å². The molecule has 1 saturated carbocycles. The van der Waals surface area contributed by atoms with Crippen LogP contribution in [0.25, 0.3) is 0 Å². The van der Waals surface area contributed by atoms with Crippen LogP contribution >= 0.6 is 0 Å². The van der Waals surface area contributed by atoms with Crippen molar-refractivity contribution < 1.29 is 38.6 Å². The van der Waals surface area contributed by atoms with Gasteiger partial charge in [-0.25, -0.2) is 0 Å². The number of amides is 4. The highest BCUT2D eigenvalue weighted by molar-refractivity contribution is 6.23. The average Bonchev–Trinajstić information content (AvgIpc) is 3.65. The minimum atomic E-state index is -1.57. The molecule has 2 saturated heterocycles. The summed E-state index contributed by atoms with van der Waals surface area (Å²) >= 11 is 0. The van der Waals surface area contributed by atoms with Crippen molar-refractivity contribution in [3.8, 4) is 17.2 Å². The lowest BCUT2D eigenvalue weighted by Gasteiger charge is -2.51. The number of ketones is 1. The van der Waals surface area contributed by atoms with Crippen LogP contribution in [0, 0.1) is 30.6 Å². The van der Waals surface area contributed by atoms with Crippen molar-refractivity contribution in [2.45, 2.75) is 31.1 Å². The number of nitrogens with one attached hydrogen (secondary N) is 1. The molecule has 11 heteroatoms. The molecule has 0 spiro atoms. The lowest BCUT2D eigenvalue weighted by Crippen LogP contribution is -2.53. The summed E-state index contributed by atoms with van der Waals surface area (Å²) in [5.74, 6) is -5.81. The smallest absolute Gasteiger partial charge is 0.260 e. The topological polar surface area (TPSA) is 143 Å². The normalized spacial score (nSPS) is 24.6. The van der Waals surface area contributed by atoms with Crippen LogP contribution in [0.15, 0.2) is 133 Å². The lowest BCUT2D eigenvalue weighted by molar-refractivity contribution is -0.138. The number of benzene rings is 5. The number of hydrogen-bond acceptors (Lipinski definition) is 9. The van der Waals surface area contributed by atoms with Crippen LogP contribution < -0.4 is 19.8 Å². The van der Waals surface area contributed by atoms with Gasteiger partial charge < -0.3 is 14.6 Å². The molecule has 11 nitrogen and oxygen atoms in total. The number of fused-ring (bicyclic) bond motifs is 4. The summed E-state index contributed by atoms with van der Waals surface area (Å²) in [5, 5.41) is 11.9. The Labute approximate surface area is 340 Å². The first kappa shape index (κ1) is 37.6. The van der Waals surface area contributed by atoms with Gasteiger partial charge in [0.05, 0.1) is 48.8 Å². The van der Waals surface area contributed by atoms with E-state index < -0.39 is 52.7 Å². The molecule has 0 unspecified atom stereocenters. The first-order chi connectivity index (χ1) is 28.6. The van der Waals surface area contributed by atoms with Crippen molar-refractivity contribution in [2.75, 3.05) is 24.5 Å². The standard InChI is InChI=1S/C48H41N3O8/c1-27-14-18-31(19-15-27)49-51-45(55)37-26-36-34(42(41-38(58-2)24-33(52)25-39(41)59-3)48(37,47(51)57)30-12-8-5-9-13-30)22-23-35-40(36)46(56)50(44(35)54)32-20-16-29(17-21-32)43(53)28-10-6-4-7-11-28/h4-22,24-25,35-37,40,42,49,52H,23,26H2,1-3H3/t35-,36+,37-,40-,42+,48+/m0/s1. The van der Waals surface area contributed by atoms with Gasteiger partial charge in [0.15, 0.2) is 5.78 Å². The number of aromatic hydroxyl groups is 1. The molecule has 5 aromatic rings. The summed E-state index contributed by atoms with van der Waals surface area (Å²) in [7, 11) is 2.91. The van der Waals surface area contributed by atoms with E-state index in [0.29, 0.717) is 39.2 Å². The fourth-order valence-corrected chi connectivity index (χ4v) is 10.0. The second-order valence-corrected chi connectivity index (χ2v) is 15.6. The van der Waals surface area contributed by atoms with E-state index in [2.05, 4.69) is 5.43 Å². The molecule has 4 aliphatic rings. The number of hydrogen-bond donors (Lipinski definition) is 2. The fourth-order valence-electron chi connectivity index (χ4n) is 10.0. The maximum Gasteiger partial charge on any atom is 0.260 e. The third-order valence-electron chi connectivity index (χ3n) is 12.6. The van der Waals surface area contributed by atoms with Gasteiger partial charge in [-0.1, -0.05) is 90.0 Å². The van der Waals surface area contributed by atoms with Gasteiger partial charge in [0, 0.05) is 34.7 Å². The Morgan fingerprint density at radius 2 is 1.36 bits per heavy atom. The zero-order valence-electron chi connectivity index (χ0n) is 32.6. The van der Waals surface area contributed by atoms with E-state index >= 15 is 9.59 Å². The van der Waals surface area contributed by atoms with Crippen molar-refractivity contribution in [2.24, 2.45) is 23.7 Å². The number of aryl methyl sites for hydroxylation is 1. The first-order valence-corrected chi connectivity index (χ1v) is 19.6. The molecule has 6 atom stereocenters. The maximum absolute atomic E-state index is 15.5. The number of carbonyl (C=O) groups excluding carboxylic acids is 5. The third-order valence-corrected chi connectivity index (χ3v) is 12.6. The summed E-state index contributed by atoms with van der Waals surface area (Å²) in [6.45, 7) is 1.94. The average molecular weight is 788 g/mol. The van der Waals surface area contributed by atoms with Crippen LogP contribution in [-0.4, -0.2) is 53.7 Å². The fraction of sp³-hybridized carbons (Fsp3) is 0.229. The van der Waals surface area contributed by atoms with Gasteiger partial charge in [0.25, 0.3) is 11.8 Å². The van der Waals surface area contributed by atoms with E-state index in [1.807, 2.05) is 61.5 Å². The molecule has 5 aromatic carbocycles. The van der Waals surface area contributed by atoms with Crippen LogP contribution in [0.5, 0.6) is 17.2 Å². The monoisotopic (exact) mass is 787 g/mol. The highest BCUT2D eigenvalue weighted by Crippen LogP contribution is 2.66. The molecule has 0 radical (unpaired) electrons. The van der Waals surface area contributed by atoms with Crippen molar-refractivity contribution in [1.82, 2.24) is 5.01 Å². The van der Waals surface area contributed by atoms with Crippen LogP contribution in [0.3, 0.4) is 0 Å². The van der Waals surface area contributed by atoms with E-state index in [1.54, 1.807) is 60.7 Å². The van der Waals surface area contributed by atoms with Crippen LogP contribution in [0.1, 0.15) is 51.4 Å². The van der Waals surface area contributed by atoms with Gasteiger partial charge in [-0.2, -0.15) is 5.01 Å². The Bertz CT molecular complexity index is 2530. The number of ether oxygens (including phenoxy) is 2. The second kappa shape index (κ2) is 14.4. The minimum Gasteiger partial charge on any atom is -0.508 e. The SMILES string of the molecule is COc1cc(O)cc(OC)c1[C@H]1C2=CC[C@@H]3C(=O)N(c4ccc(C(=O)c5ccccc5)cc4)C(=O)[C@@H]3[C@@H]2C[C@H]2C(=O)N(Nc3ccc(C)cc3)C(=O)[C@@]12c1ccccc1. The largest absolute Gasteiger partial charge is 0.508 e. The first-order valence-electron chi connectivity index (χ1n) is 19.6. The molecule has 9 rings (SSSR count). The summed E-state index contributed by atoms with van der Waals surface area (Å²) < 4.78 is 11.9. The zero-order chi connectivity index (χ0) is 41.2. The van der Waals surface area contributed by atoms with Gasteiger partial charge >= 0.3 is 0 Å². The Morgan fingerprint density at radius 3 is 1.98 bits per heavy atom. The highest BCUT2D eigenvalue weighted by Gasteiger charge is 2.71. The number of anilines is 2. The maximum atomic E-state index is 15.5. The van der Waals surface area contributed by atoms with E-state index in [9.17, 15) is 19.5 Å². The predicted octanol–water partition coefficient (Wildman–Crippen LogP) is 7.14. The number of methoxy groups -OCH3 is 2. The number of rotatable bonds is 9. The summed E-state index contributed by atoms with van der Waals surface area (Å²) in [6, 6.07) is 34.7. The van der Waals surface area contributed by atoms with Crippen molar-refractivity contribution in [1.29, 1.82) is 0 Å². The van der Waals surface area contributed by atoms with E-state index in [4.69, 9.17) is 9.47 Å². The molecule has 0 bridgehead atoms. The van der Waals surface area contributed by atoms with Gasteiger partial charge in [0.1, 0.15) is 17.2 Å². The number of phenolic OH excluding ortho intramolecular Hbond substituents is 1. The molecule has 2 aliphatic carbocycles. The molecule has 59 heavy (non-hydrogen) atoms. The summed E-state index contributed by atoms with van der Waals surface area (Å²) in [4.78, 5) is 74.2.